The van der Waals surface area contributed by atoms with E-state index in [9.17, 15) is 4.39 Å². The molecule has 6 heteroatoms. The van der Waals surface area contributed by atoms with Gasteiger partial charge >= 0.3 is 0 Å². The summed E-state index contributed by atoms with van der Waals surface area (Å²) in [7, 11) is 1.48. The van der Waals surface area contributed by atoms with Crippen molar-refractivity contribution in [2.45, 2.75) is 19.5 Å². The summed E-state index contributed by atoms with van der Waals surface area (Å²) in [5.74, 6) is 0.692. The topological polar surface area (TPSA) is 51.1 Å². The number of halogens is 1. The average molecular weight is 350 g/mol. The van der Waals surface area contributed by atoms with Gasteiger partial charge in [0.1, 0.15) is 0 Å². The lowest BCUT2D eigenvalue weighted by Gasteiger charge is -2.28. The van der Waals surface area contributed by atoms with Crippen molar-refractivity contribution in [1.82, 2.24) is 19.9 Å². The van der Waals surface area contributed by atoms with Gasteiger partial charge in [0.2, 0.25) is 0 Å². The first-order valence-corrected chi connectivity index (χ1v) is 8.53. The van der Waals surface area contributed by atoms with Gasteiger partial charge in [-0.3, -0.25) is 9.88 Å². The van der Waals surface area contributed by atoms with E-state index >= 15 is 0 Å². The van der Waals surface area contributed by atoms with Crippen LogP contribution in [0.25, 0.3) is 11.4 Å². The van der Waals surface area contributed by atoms with Gasteiger partial charge in [-0.05, 0) is 18.2 Å². The van der Waals surface area contributed by atoms with E-state index in [1.807, 2.05) is 24.4 Å². The van der Waals surface area contributed by atoms with Crippen molar-refractivity contribution >= 4 is 0 Å². The number of benzene rings is 1. The number of nitrogens with zero attached hydrogens (tertiary/aromatic N) is 4. The largest absolute Gasteiger partial charge is 0.494 e. The summed E-state index contributed by atoms with van der Waals surface area (Å²) in [4.78, 5) is 15.5. The second-order valence-corrected chi connectivity index (χ2v) is 6.30. The molecule has 5 nitrogen and oxygen atoms in total. The molecule has 4 rings (SSSR count). The Balaban J connectivity index is 1.52. The molecule has 3 aromatic rings. The van der Waals surface area contributed by atoms with Gasteiger partial charge in [0, 0.05) is 61.3 Å². The van der Waals surface area contributed by atoms with Gasteiger partial charge in [0.05, 0.1) is 12.8 Å². The maximum absolute atomic E-state index is 14.4. The molecule has 0 unspecified atom stereocenters. The van der Waals surface area contributed by atoms with Crippen molar-refractivity contribution in [3.05, 3.63) is 71.6 Å². The van der Waals surface area contributed by atoms with Crippen molar-refractivity contribution in [3.63, 3.8) is 0 Å². The maximum atomic E-state index is 14.4. The molecule has 0 fully saturated rings. The Bertz CT molecular complexity index is 917. The zero-order valence-corrected chi connectivity index (χ0v) is 14.5. The van der Waals surface area contributed by atoms with Crippen LogP contribution in [-0.4, -0.2) is 33.5 Å². The zero-order valence-electron chi connectivity index (χ0n) is 14.5. The summed E-state index contributed by atoms with van der Waals surface area (Å²) in [5, 5.41) is 0. The van der Waals surface area contributed by atoms with Crippen LogP contribution in [0.1, 0.15) is 16.8 Å². The van der Waals surface area contributed by atoms with Crippen molar-refractivity contribution < 1.29 is 9.13 Å². The molecule has 1 aromatic carbocycles. The highest BCUT2D eigenvalue weighted by molar-refractivity contribution is 5.53. The molecule has 2 aromatic heterocycles. The third-order valence-electron chi connectivity index (χ3n) is 4.59. The molecule has 0 atom stereocenters. The van der Waals surface area contributed by atoms with E-state index in [1.54, 1.807) is 24.5 Å². The first kappa shape index (κ1) is 16.6. The minimum absolute atomic E-state index is 0.282. The quantitative estimate of drug-likeness (QED) is 0.723. The van der Waals surface area contributed by atoms with E-state index in [-0.39, 0.29) is 11.6 Å². The molecule has 1 aliphatic heterocycles. The fraction of sp³-hybridized carbons (Fsp3) is 0.250. The van der Waals surface area contributed by atoms with Gasteiger partial charge in [0.15, 0.2) is 17.4 Å². The molecule has 132 valence electrons. The van der Waals surface area contributed by atoms with E-state index in [2.05, 4.69) is 14.9 Å². The average Bonchev–Trinajstić information content (AvgIpc) is 2.70. The van der Waals surface area contributed by atoms with E-state index < -0.39 is 0 Å². The number of rotatable bonds is 4. The normalized spacial score (nSPS) is 14.1. The van der Waals surface area contributed by atoms with Crippen LogP contribution in [0.5, 0.6) is 5.75 Å². The molecule has 0 N–H and O–H groups in total. The number of fused-ring (bicyclic) bond motifs is 1. The van der Waals surface area contributed by atoms with Gasteiger partial charge in [0.25, 0.3) is 0 Å². The monoisotopic (exact) mass is 350 g/mol. The van der Waals surface area contributed by atoms with Crippen LogP contribution >= 0.6 is 0 Å². The number of ether oxygens (including phenoxy) is 1. The van der Waals surface area contributed by atoms with Crippen LogP contribution in [0.3, 0.4) is 0 Å². The Morgan fingerprint density at radius 1 is 1.19 bits per heavy atom. The lowest BCUT2D eigenvalue weighted by molar-refractivity contribution is 0.238. The number of hydrogen-bond acceptors (Lipinski definition) is 5. The molecule has 0 bridgehead atoms. The molecule has 0 saturated heterocycles. The van der Waals surface area contributed by atoms with Crippen LogP contribution in [0.2, 0.25) is 0 Å². The predicted molar refractivity (Wildman–Crippen MR) is 96.0 cm³/mol. The highest BCUT2D eigenvalue weighted by atomic mass is 19.1. The zero-order chi connectivity index (χ0) is 17.9. The molecule has 26 heavy (non-hydrogen) atoms. The van der Waals surface area contributed by atoms with Gasteiger partial charge in [-0.2, -0.15) is 0 Å². The summed E-state index contributed by atoms with van der Waals surface area (Å²) < 4.78 is 19.4. The fourth-order valence-corrected chi connectivity index (χ4v) is 3.22. The SMILES string of the molecule is COc1cccc(CN2CCc3nc(-c4cccnc4)ncc3C2)c1F. The van der Waals surface area contributed by atoms with Crippen molar-refractivity contribution in [2.24, 2.45) is 0 Å². The molecular weight excluding hydrogens is 331 g/mol. The van der Waals surface area contributed by atoms with Crippen LogP contribution in [0.15, 0.2) is 48.9 Å². The Hall–Kier alpha value is -2.86. The third-order valence-corrected chi connectivity index (χ3v) is 4.59. The van der Waals surface area contributed by atoms with Crippen molar-refractivity contribution in [2.75, 3.05) is 13.7 Å². The third kappa shape index (κ3) is 3.28. The fourth-order valence-electron chi connectivity index (χ4n) is 3.22. The summed E-state index contributed by atoms with van der Waals surface area (Å²) in [6, 6.07) is 9.09. The minimum atomic E-state index is -0.288. The van der Waals surface area contributed by atoms with Crippen LogP contribution in [-0.2, 0) is 19.5 Å². The summed E-state index contributed by atoms with van der Waals surface area (Å²) in [5.41, 5.74) is 3.70. The molecule has 0 saturated carbocycles. The second kappa shape index (κ2) is 7.17. The maximum Gasteiger partial charge on any atom is 0.169 e. The smallest absolute Gasteiger partial charge is 0.169 e. The first-order chi connectivity index (χ1) is 12.7. The van der Waals surface area contributed by atoms with E-state index in [4.69, 9.17) is 9.72 Å². The summed E-state index contributed by atoms with van der Waals surface area (Å²) in [6.07, 6.45) is 6.19. The van der Waals surface area contributed by atoms with Crippen molar-refractivity contribution in [1.29, 1.82) is 0 Å². The Morgan fingerprint density at radius 3 is 2.92 bits per heavy atom. The highest BCUT2D eigenvalue weighted by Crippen LogP contribution is 2.25. The number of hydrogen-bond donors (Lipinski definition) is 0. The Labute approximate surface area is 151 Å². The molecule has 0 aliphatic carbocycles. The molecular formula is C20H19FN4O. The second-order valence-electron chi connectivity index (χ2n) is 6.30. The van der Waals surface area contributed by atoms with Crippen molar-refractivity contribution in [3.8, 4) is 17.1 Å². The molecule has 1 aliphatic rings. The predicted octanol–water partition coefficient (Wildman–Crippen LogP) is 3.24. The van der Waals surface area contributed by atoms with Gasteiger partial charge < -0.3 is 4.74 Å². The molecule has 0 spiro atoms. The van der Waals surface area contributed by atoms with Crippen LogP contribution < -0.4 is 4.74 Å². The summed E-state index contributed by atoms with van der Waals surface area (Å²) in [6.45, 7) is 2.07. The van der Waals surface area contributed by atoms with Gasteiger partial charge in [-0.15, -0.1) is 0 Å². The number of pyridine rings is 1. The lowest BCUT2D eigenvalue weighted by Crippen LogP contribution is -2.31. The standard InChI is InChI=1S/C20H19FN4O/c1-26-18-6-2-4-15(19(18)21)12-25-9-7-17-16(13-25)11-23-20(24-17)14-5-3-8-22-10-14/h2-6,8,10-11H,7,9,12-13H2,1H3. The first-order valence-electron chi connectivity index (χ1n) is 8.53. The van der Waals surface area contributed by atoms with E-state index in [0.717, 1.165) is 29.8 Å². The Kier molecular flexibility index (Phi) is 4.58. The van der Waals surface area contributed by atoms with Crippen LogP contribution in [0.4, 0.5) is 4.39 Å². The van der Waals surface area contributed by atoms with Gasteiger partial charge in [-0.25, -0.2) is 14.4 Å². The molecule has 0 radical (unpaired) electrons. The van der Waals surface area contributed by atoms with E-state index in [1.165, 1.54) is 7.11 Å². The highest BCUT2D eigenvalue weighted by Gasteiger charge is 2.20. The summed E-state index contributed by atoms with van der Waals surface area (Å²) >= 11 is 0. The number of aromatic nitrogens is 3. The van der Waals surface area contributed by atoms with Crippen LogP contribution in [0, 0.1) is 5.82 Å². The molecule has 3 heterocycles. The van der Waals surface area contributed by atoms with E-state index in [0.29, 0.717) is 24.5 Å². The number of methoxy groups -OCH3 is 1. The molecule has 0 amide bonds. The minimum Gasteiger partial charge on any atom is -0.494 e. The lowest BCUT2D eigenvalue weighted by atomic mass is 10.1. The Morgan fingerprint density at radius 2 is 2.12 bits per heavy atom. The van der Waals surface area contributed by atoms with Gasteiger partial charge in [-0.1, -0.05) is 12.1 Å².